The molecule has 1 unspecified atom stereocenters. The Balaban J connectivity index is 1.95. The molecule has 3 rings (SSSR count). The van der Waals surface area contributed by atoms with Gasteiger partial charge >= 0.3 is 0 Å². The third-order valence-corrected chi connectivity index (χ3v) is 5.59. The lowest BCUT2D eigenvalue weighted by Gasteiger charge is -2.28. The number of rotatable bonds is 4. The second-order valence-corrected chi connectivity index (χ2v) is 6.78. The molecule has 1 aliphatic heterocycles. The molecule has 1 heterocycles. The first-order valence-corrected chi connectivity index (χ1v) is 8.48. The van der Waals surface area contributed by atoms with Gasteiger partial charge in [-0.1, -0.05) is 62.2 Å². The van der Waals surface area contributed by atoms with Gasteiger partial charge in [0, 0.05) is 17.0 Å². The lowest BCUT2D eigenvalue weighted by molar-refractivity contribution is 0.614. The Labute approximate surface area is 116 Å². The van der Waals surface area contributed by atoms with E-state index in [2.05, 4.69) is 55.5 Å². The Bertz CT molecular complexity index is 565. The molecular weight excluding hydrogens is 251 g/mol. The van der Waals surface area contributed by atoms with E-state index in [1.165, 1.54) is 41.9 Å². The Morgan fingerprint density at radius 3 is 2.47 bits per heavy atom. The van der Waals surface area contributed by atoms with Crippen LogP contribution < -0.4 is 9.83 Å². The summed E-state index contributed by atoms with van der Waals surface area (Å²) in [6, 6.07) is 17.1. The zero-order valence-electron chi connectivity index (χ0n) is 11.3. The van der Waals surface area contributed by atoms with Crippen molar-refractivity contribution >= 4 is 13.5 Å². The fourth-order valence-electron chi connectivity index (χ4n) is 2.53. The van der Waals surface area contributed by atoms with Crippen LogP contribution in [-0.4, -0.2) is 6.16 Å². The van der Waals surface area contributed by atoms with E-state index in [0.29, 0.717) is 0 Å². The van der Waals surface area contributed by atoms with Crippen LogP contribution >= 0.6 is 8.15 Å². The fraction of sp³-hybridized carbons (Fsp3) is 0.294. The summed E-state index contributed by atoms with van der Waals surface area (Å²) in [5, 5.41) is 1.41. The highest BCUT2D eigenvalue weighted by Gasteiger charge is 2.25. The molecule has 0 N–H and O–H groups in total. The highest BCUT2D eigenvalue weighted by Crippen LogP contribution is 2.48. The number of fused-ring (bicyclic) bond motifs is 3. The molecule has 1 atom stereocenters. The van der Waals surface area contributed by atoms with Gasteiger partial charge in [0.2, 0.25) is 0 Å². The van der Waals surface area contributed by atoms with Crippen LogP contribution in [0.5, 0.6) is 5.75 Å². The first-order valence-electron chi connectivity index (χ1n) is 7.04. The number of hydrogen-bond acceptors (Lipinski definition) is 1. The highest BCUT2D eigenvalue weighted by atomic mass is 31.1. The Hall–Kier alpha value is -1.33. The van der Waals surface area contributed by atoms with Crippen molar-refractivity contribution in [1.82, 2.24) is 0 Å². The third kappa shape index (κ3) is 2.53. The smallest absolute Gasteiger partial charge is 0.131 e. The van der Waals surface area contributed by atoms with E-state index in [1.807, 2.05) is 0 Å². The van der Waals surface area contributed by atoms with Crippen molar-refractivity contribution in [3.8, 4) is 16.9 Å². The van der Waals surface area contributed by atoms with Crippen LogP contribution in [0.25, 0.3) is 11.1 Å². The van der Waals surface area contributed by atoms with E-state index >= 15 is 0 Å². The van der Waals surface area contributed by atoms with E-state index in [0.717, 1.165) is 5.75 Å². The molecule has 0 radical (unpaired) electrons. The minimum atomic E-state index is -0.486. The van der Waals surface area contributed by atoms with E-state index in [9.17, 15) is 0 Å². The van der Waals surface area contributed by atoms with Crippen LogP contribution in [0.2, 0.25) is 0 Å². The SMILES string of the molecule is CCCCCP1Oc2ccccc2-c2ccccc21. The normalized spacial score (nSPS) is 16.4. The van der Waals surface area contributed by atoms with Crippen LogP contribution in [0.15, 0.2) is 48.5 Å². The van der Waals surface area contributed by atoms with Crippen LogP contribution in [-0.2, 0) is 0 Å². The van der Waals surface area contributed by atoms with E-state index in [4.69, 9.17) is 4.52 Å². The standard InChI is InChI=1S/C17H19OP/c1-2-3-8-13-19-17-12-7-5-10-15(17)14-9-4-6-11-16(14)18-19/h4-7,9-12H,2-3,8,13H2,1H3. The third-order valence-electron chi connectivity index (χ3n) is 3.52. The molecule has 0 amide bonds. The molecule has 2 heteroatoms. The van der Waals surface area contributed by atoms with E-state index in [1.54, 1.807) is 0 Å². The molecule has 1 nitrogen and oxygen atoms in total. The molecule has 0 spiro atoms. The molecule has 0 saturated heterocycles. The van der Waals surface area contributed by atoms with Gasteiger partial charge in [-0.3, -0.25) is 0 Å². The molecule has 0 fully saturated rings. The predicted molar refractivity (Wildman–Crippen MR) is 83.5 cm³/mol. The molecule has 19 heavy (non-hydrogen) atoms. The molecule has 98 valence electrons. The molecule has 0 saturated carbocycles. The summed E-state index contributed by atoms with van der Waals surface area (Å²) in [6.07, 6.45) is 5.00. The summed E-state index contributed by atoms with van der Waals surface area (Å²) in [5.41, 5.74) is 2.61. The molecule has 0 aliphatic carbocycles. The average Bonchev–Trinajstić information content (AvgIpc) is 2.47. The molecular formula is C17H19OP. The van der Waals surface area contributed by atoms with Crippen molar-refractivity contribution in [3.63, 3.8) is 0 Å². The van der Waals surface area contributed by atoms with Gasteiger partial charge in [-0.05, 0) is 18.1 Å². The predicted octanol–water partition coefficient (Wildman–Crippen LogP) is 4.96. The maximum absolute atomic E-state index is 6.27. The van der Waals surface area contributed by atoms with E-state index < -0.39 is 8.15 Å². The summed E-state index contributed by atoms with van der Waals surface area (Å²) in [7, 11) is -0.486. The summed E-state index contributed by atoms with van der Waals surface area (Å²) >= 11 is 0. The summed E-state index contributed by atoms with van der Waals surface area (Å²) in [4.78, 5) is 0. The van der Waals surface area contributed by atoms with Gasteiger partial charge in [-0.25, -0.2) is 0 Å². The first-order chi connectivity index (χ1) is 9.40. The van der Waals surface area contributed by atoms with Gasteiger partial charge in [-0.15, -0.1) is 0 Å². The molecule has 0 bridgehead atoms. The lowest BCUT2D eigenvalue weighted by atomic mass is 10.0. The van der Waals surface area contributed by atoms with E-state index in [-0.39, 0.29) is 0 Å². The van der Waals surface area contributed by atoms with Gasteiger partial charge in [0.25, 0.3) is 0 Å². The van der Waals surface area contributed by atoms with Crippen LogP contribution in [0, 0.1) is 0 Å². The van der Waals surface area contributed by atoms with Gasteiger partial charge in [0.05, 0.1) is 0 Å². The maximum atomic E-state index is 6.27. The summed E-state index contributed by atoms with van der Waals surface area (Å²) in [5.74, 6) is 1.06. The van der Waals surface area contributed by atoms with Crippen molar-refractivity contribution < 1.29 is 4.52 Å². The number of para-hydroxylation sites is 1. The second-order valence-electron chi connectivity index (χ2n) is 4.91. The van der Waals surface area contributed by atoms with Crippen molar-refractivity contribution in [1.29, 1.82) is 0 Å². The van der Waals surface area contributed by atoms with Gasteiger partial charge in [0.15, 0.2) is 0 Å². The van der Waals surface area contributed by atoms with Crippen molar-refractivity contribution in [2.45, 2.75) is 26.2 Å². The number of benzene rings is 2. The van der Waals surface area contributed by atoms with Crippen molar-refractivity contribution in [3.05, 3.63) is 48.5 Å². The molecule has 0 aromatic heterocycles. The number of hydrogen-bond donors (Lipinski definition) is 0. The van der Waals surface area contributed by atoms with Crippen molar-refractivity contribution in [2.75, 3.05) is 6.16 Å². The summed E-state index contributed by atoms with van der Waals surface area (Å²) in [6.45, 7) is 2.25. The molecule has 2 aromatic carbocycles. The summed E-state index contributed by atoms with van der Waals surface area (Å²) < 4.78 is 6.27. The Morgan fingerprint density at radius 1 is 0.895 bits per heavy atom. The van der Waals surface area contributed by atoms with Crippen LogP contribution in [0.3, 0.4) is 0 Å². The largest absolute Gasteiger partial charge is 0.469 e. The quantitative estimate of drug-likeness (QED) is 0.563. The maximum Gasteiger partial charge on any atom is 0.131 e. The van der Waals surface area contributed by atoms with Gasteiger partial charge in [0.1, 0.15) is 13.9 Å². The topological polar surface area (TPSA) is 9.23 Å². The zero-order valence-corrected chi connectivity index (χ0v) is 12.2. The van der Waals surface area contributed by atoms with Crippen LogP contribution in [0.1, 0.15) is 26.2 Å². The van der Waals surface area contributed by atoms with Gasteiger partial charge in [-0.2, -0.15) is 0 Å². The Kier molecular flexibility index (Phi) is 3.84. The first kappa shape index (κ1) is 12.7. The lowest BCUT2D eigenvalue weighted by Crippen LogP contribution is -2.15. The molecule has 2 aromatic rings. The second kappa shape index (κ2) is 5.75. The zero-order chi connectivity index (χ0) is 13.1. The fourth-order valence-corrected chi connectivity index (χ4v) is 4.58. The highest BCUT2D eigenvalue weighted by molar-refractivity contribution is 7.61. The monoisotopic (exact) mass is 270 g/mol. The minimum absolute atomic E-state index is 0.486. The Morgan fingerprint density at radius 2 is 1.63 bits per heavy atom. The van der Waals surface area contributed by atoms with Crippen molar-refractivity contribution in [2.24, 2.45) is 0 Å². The molecule has 1 aliphatic rings. The average molecular weight is 270 g/mol. The van der Waals surface area contributed by atoms with Crippen LogP contribution in [0.4, 0.5) is 0 Å². The number of unbranched alkanes of at least 4 members (excludes halogenated alkanes) is 2. The van der Waals surface area contributed by atoms with Gasteiger partial charge < -0.3 is 4.52 Å². The minimum Gasteiger partial charge on any atom is -0.469 e.